The lowest BCUT2D eigenvalue weighted by atomic mass is 9.87. The van der Waals surface area contributed by atoms with Gasteiger partial charge in [0.15, 0.2) is 6.10 Å². The monoisotopic (exact) mass is 467 g/mol. The number of benzene rings is 1. The van der Waals surface area contributed by atoms with Crippen LogP contribution in [-0.2, 0) is 27.1 Å². The standard InChI is InChI=1S/C27H33NO4S/c1-7-31-26(30)24(32-27(4,5)6)21-16(3)28-25-23(18-10-8-9-11-20(18)33-25)22(21)17-13-12-15(2)14-19(17)29/h12-14,24,29H,7-11H2,1-6H3. The van der Waals surface area contributed by atoms with Gasteiger partial charge in [-0.2, -0.15) is 0 Å². The van der Waals surface area contributed by atoms with Crippen LogP contribution in [0.4, 0.5) is 0 Å². The van der Waals surface area contributed by atoms with Gasteiger partial charge in [-0.25, -0.2) is 9.78 Å². The van der Waals surface area contributed by atoms with E-state index in [9.17, 15) is 9.90 Å². The van der Waals surface area contributed by atoms with Crippen LogP contribution in [0.15, 0.2) is 18.2 Å². The Morgan fingerprint density at radius 1 is 1.21 bits per heavy atom. The van der Waals surface area contributed by atoms with Crippen molar-refractivity contribution in [1.82, 2.24) is 4.98 Å². The normalized spacial score (nSPS) is 14.8. The van der Waals surface area contributed by atoms with Gasteiger partial charge in [-0.15, -0.1) is 11.3 Å². The maximum atomic E-state index is 13.2. The first-order valence-electron chi connectivity index (χ1n) is 11.7. The lowest BCUT2D eigenvalue weighted by molar-refractivity contribution is -0.166. The Labute approximate surface area is 199 Å². The Morgan fingerprint density at radius 2 is 1.94 bits per heavy atom. The molecule has 4 rings (SSSR count). The molecule has 2 aromatic heterocycles. The van der Waals surface area contributed by atoms with Crippen LogP contribution in [-0.4, -0.2) is 28.3 Å². The number of aromatic hydroxyl groups is 1. The van der Waals surface area contributed by atoms with Crippen LogP contribution in [0.3, 0.4) is 0 Å². The van der Waals surface area contributed by atoms with E-state index in [1.165, 1.54) is 16.9 Å². The second-order valence-corrected chi connectivity index (χ2v) is 10.8. The predicted molar refractivity (Wildman–Crippen MR) is 133 cm³/mol. The summed E-state index contributed by atoms with van der Waals surface area (Å²) in [5.74, 6) is -0.245. The third kappa shape index (κ3) is 4.64. The highest BCUT2D eigenvalue weighted by Gasteiger charge is 2.35. The fraction of sp³-hybridized carbons (Fsp3) is 0.481. The molecule has 0 bridgehead atoms. The number of hydrogen-bond acceptors (Lipinski definition) is 6. The Morgan fingerprint density at radius 3 is 2.61 bits per heavy atom. The first kappa shape index (κ1) is 23.7. The van der Waals surface area contributed by atoms with Crippen LogP contribution in [0.2, 0.25) is 0 Å². The lowest BCUT2D eigenvalue weighted by Gasteiger charge is -2.29. The fourth-order valence-corrected chi connectivity index (χ4v) is 5.98. The van der Waals surface area contributed by atoms with Gasteiger partial charge in [-0.1, -0.05) is 12.1 Å². The number of carbonyl (C=O) groups is 1. The number of fused-ring (bicyclic) bond motifs is 3. The number of hydrogen-bond donors (Lipinski definition) is 1. The quantitative estimate of drug-likeness (QED) is 0.429. The summed E-state index contributed by atoms with van der Waals surface area (Å²) in [5.41, 5.74) is 4.63. The molecule has 5 nitrogen and oxygen atoms in total. The molecule has 1 unspecified atom stereocenters. The average Bonchev–Trinajstić information content (AvgIpc) is 3.09. The predicted octanol–water partition coefficient (Wildman–Crippen LogP) is 6.58. The van der Waals surface area contributed by atoms with Gasteiger partial charge in [-0.3, -0.25) is 0 Å². The minimum absolute atomic E-state index is 0.192. The highest BCUT2D eigenvalue weighted by atomic mass is 32.1. The van der Waals surface area contributed by atoms with E-state index in [0.717, 1.165) is 46.3 Å². The van der Waals surface area contributed by atoms with Crippen LogP contribution in [0.1, 0.15) is 73.9 Å². The molecule has 33 heavy (non-hydrogen) atoms. The molecule has 0 saturated heterocycles. The number of pyridine rings is 1. The van der Waals surface area contributed by atoms with E-state index in [-0.39, 0.29) is 12.4 Å². The Hall–Kier alpha value is -2.44. The Bertz CT molecular complexity index is 1210. The molecule has 3 aromatic rings. The zero-order valence-electron chi connectivity index (χ0n) is 20.4. The number of esters is 1. The minimum atomic E-state index is -0.948. The summed E-state index contributed by atoms with van der Waals surface area (Å²) in [6.07, 6.45) is 3.38. The van der Waals surface area contributed by atoms with Crippen molar-refractivity contribution in [2.24, 2.45) is 0 Å². The van der Waals surface area contributed by atoms with Gasteiger partial charge in [-0.05, 0) is 84.4 Å². The van der Waals surface area contributed by atoms with Gasteiger partial charge in [0.25, 0.3) is 0 Å². The van der Waals surface area contributed by atoms with Gasteiger partial charge in [0, 0.05) is 32.6 Å². The summed E-state index contributed by atoms with van der Waals surface area (Å²) >= 11 is 1.73. The van der Waals surface area contributed by atoms with Crippen molar-refractivity contribution >= 4 is 27.5 Å². The number of rotatable bonds is 5. The summed E-state index contributed by atoms with van der Waals surface area (Å²) in [6.45, 7) is 11.7. The molecule has 2 heterocycles. The average molecular weight is 468 g/mol. The zero-order valence-corrected chi connectivity index (χ0v) is 21.2. The Kier molecular flexibility index (Phi) is 6.52. The zero-order chi connectivity index (χ0) is 23.9. The molecule has 0 saturated carbocycles. The Balaban J connectivity index is 2.10. The second-order valence-electron chi connectivity index (χ2n) is 9.76. The highest BCUT2D eigenvalue weighted by molar-refractivity contribution is 7.19. The fourth-order valence-electron chi connectivity index (χ4n) is 4.67. The van der Waals surface area contributed by atoms with Crippen LogP contribution in [0, 0.1) is 13.8 Å². The molecular formula is C27H33NO4S. The van der Waals surface area contributed by atoms with E-state index in [4.69, 9.17) is 14.5 Å². The summed E-state index contributed by atoms with van der Waals surface area (Å²) < 4.78 is 11.8. The molecule has 1 atom stereocenters. The number of aryl methyl sites for hydroxylation is 4. The molecule has 176 valence electrons. The van der Waals surface area contributed by atoms with Gasteiger partial charge in [0.1, 0.15) is 10.6 Å². The molecule has 1 aliphatic rings. The van der Waals surface area contributed by atoms with Crippen molar-refractivity contribution in [3.63, 3.8) is 0 Å². The van der Waals surface area contributed by atoms with Crippen LogP contribution >= 0.6 is 11.3 Å². The van der Waals surface area contributed by atoms with Crippen LogP contribution in [0.25, 0.3) is 21.3 Å². The molecule has 1 N–H and O–H groups in total. The molecule has 0 aliphatic heterocycles. The molecule has 6 heteroatoms. The topological polar surface area (TPSA) is 68.7 Å². The molecule has 1 aromatic carbocycles. The van der Waals surface area contributed by atoms with Crippen molar-refractivity contribution < 1.29 is 19.4 Å². The lowest BCUT2D eigenvalue weighted by Crippen LogP contribution is -2.30. The minimum Gasteiger partial charge on any atom is -0.507 e. The molecular weight excluding hydrogens is 434 g/mol. The number of nitrogens with zero attached hydrogens (tertiary/aromatic N) is 1. The van der Waals surface area contributed by atoms with Crippen molar-refractivity contribution in [3.8, 4) is 16.9 Å². The van der Waals surface area contributed by atoms with E-state index in [0.29, 0.717) is 11.1 Å². The summed E-state index contributed by atoms with van der Waals surface area (Å²) in [5, 5.41) is 12.1. The van der Waals surface area contributed by atoms with E-state index in [1.54, 1.807) is 24.3 Å². The van der Waals surface area contributed by atoms with Gasteiger partial charge < -0.3 is 14.6 Å². The van der Waals surface area contributed by atoms with E-state index in [2.05, 4.69) is 0 Å². The highest BCUT2D eigenvalue weighted by Crippen LogP contribution is 2.47. The number of aromatic nitrogens is 1. The van der Waals surface area contributed by atoms with Crippen molar-refractivity contribution in [1.29, 1.82) is 0 Å². The van der Waals surface area contributed by atoms with Gasteiger partial charge >= 0.3 is 5.97 Å². The van der Waals surface area contributed by atoms with Gasteiger partial charge in [0.05, 0.1) is 12.2 Å². The van der Waals surface area contributed by atoms with E-state index >= 15 is 0 Å². The van der Waals surface area contributed by atoms with Crippen molar-refractivity contribution in [3.05, 3.63) is 45.5 Å². The second kappa shape index (κ2) is 9.07. The number of carbonyl (C=O) groups excluding carboxylic acids is 1. The van der Waals surface area contributed by atoms with Gasteiger partial charge in [0.2, 0.25) is 0 Å². The van der Waals surface area contributed by atoms with Crippen molar-refractivity contribution in [2.75, 3.05) is 6.61 Å². The number of thiophene rings is 1. The van der Waals surface area contributed by atoms with Crippen molar-refractivity contribution in [2.45, 2.75) is 78.9 Å². The molecule has 0 amide bonds. The molecule has 0 radical (unpaired) electrons. The van der Waals surface area contributed by atoms with Crippen LogP contribution in [0.5, 0.6) is 5.75 Å². The molecule has 1 aliphatic carbocycles. The number of phenolic OH excluding ortho intramolecular Hbond substituents is 1. The largest absolute Gasteiger partial charge is 0.507 e. The maximum absolute atomic E-state index is 13.2. The third-order valence-corrected chi connectivity index (χ3v) is 7.17. The smallest absolute Gasteiger partial charge is 0.340 e. The molecule has 0 fully saturated rings. The van der Waals surface area contributed by atoms with E-state index < -0.39 is 17.7 Å². The summed E-state index contributed by atoms with van der Waals surface area (Å²) in [4.78, 5) is 20.5. The molecule has 0 spiro atoms. The number of ether oxygens (including phenoxy) is 2. The first-order chi connectivity index (χ1) is 15.6. The summed E-state index contributed by atoms with van der Waals surface area (Å²) in [6, 6.07) is 5.70. The third-order valence-electron chi connectivity index (χ3n) is 5.99. The maximum Gasteiger partial charge on any atom is 0.340 e. The summed E-state index contributed by atoms with van der Waals surface area (Å²) in [7, 11) is 0. The number of phenols is 1. The van der Waals surface area contributed by atoms with E-state index in [1.807, 2.05) is 46.8 Å². The first-order valence-corrected chi connectivity index (χ1v) is 12.5. The SMILES string of the molecule is CCOC(=O)C(OC(C)(C)C)c1c(C)nc2sc3c(c2c1-c1ccc(C)cc1O)CCCC3. The van der Waals surface area contributed by atoms with Crippen LogP contribution < -0.4 is 0 Å².